The van der Waals surface area contributed by atoms with E-state index in [0.717, 1.165) is 0 Å². The fraction of sp³-hybridized carbons (Fsp3) is 0.750. The molecule has 1 aliphatic rings. The number of rotatable bonds is 13. The van der Waals surface area contributed by atoms with Gasteiger partial charge < -0.3 is 20.1 Å². The zero-order chi connectivity index (χ0) is 28.3. The van der Waals surface area contributed by atoms with Crippen LogP contribution in [0.25, 0.3) is 0 Å². The summed E-state index contributed by atoms with van der Waals surface area (Å²) in [5.41, 5.74) is 2.82. The summed E-state index contributed by atoms with van der Waals surface area (Å²) >= 11 is 16.9. The summed E-state index contributed by atoms with van der Waals surface area (Å²) < 4.78 is 8.70. The zero-order valence-corrected chi connectivity index (χ0v) is 24.3. The number of hydrazine groups is 1. The van der Waals surface area contributed by atoms with Crippen molar-refractivity contribution in [1.82, 2.24) is 21.1 Å². The fourth-order valence-corrected chi connectivity index (χ4v) is 3.97. The van der Waals surface area contributed by atoms with Crippen LogP contribution < -0.4 is 16.1 Å². The van der Waals surface area contributed by atoms with Gasteiger partial charge in [0.1, 0.15) is 24.7 Å². The number of amides is 3. The molecule has 5 atom stereocenters. The largest absolute Gasteiger partial charge is 0.460 e. The van der Waals surface area contributed by atoms with Gasteiger partial charge in [-0.25, -0.2) is 5.43 Å². The molecule has 1 aliphatic heterocycles. The number of alkyl halides is 3. The first-order valence-corrected chi connectivity index (χ1v) is 13.4. The quantitative estimate of drug-likeness (QED) is 0.172. The van der Waals surface area contributed by atoms with Crippen molar-refractivity contribution in [2.24, 2.45) is 11.8 Å². The van der Waals surface area contributed by atoms with Gasteiger partial charge in [0.2, 0.25) is 15.6 Å². The minimum Gasteiger partial charge on any atom is -0.460 e. The summed E-state index contributed by atoms with van der Waals surface area (Å²) in [5, 5.41) is 6.73. The smallest absolute Gasteiger partial charge is 0.325 e. The van der Waals surface area contributed by atoms with Crippen molar-refractivity contribution in [1.29, 1.82) is 0 Å². The maximum Gasteiger partial charge on any atom is 0.325 e. The molecule has 10 nitrogen and oxygen atoms in total. The molecule has 1 rings (SSSR count). The molecule has 0 aromatic heterocycles. The maximum absolute atomic E-state index is 13.0. The number of methoxy groups -OCH3 is 1. The normalized spacial score (nSPS) is 19.4. The number of ether oxygens (including phenoxy) is 2. The molecule has 0 radical (unpaired) electrons. The monoisotopic (exact) mass is 584 g/mol. The van der Waals surface area contributed by atoms with Gasteiger partial charge in [-0.2, -0.15) is 0 Å². The minimum absolute atomic E-state index is 0.238. The van der Waals surface area contributed by atoms with Crippen LogP contribution in [-0.4, -0.2) is 77.0 Å². The van der Waals surface area contributed by atoms with Crippen LogP contribution in [0.5, 0.6) is 0 Å². The molecular formula is C24H39Cl3N4O6. The first-order valence-electron chi connectivity index (χ1n) is 12.3. The maximum atomic E-state index is 13.0. The molecule has 0 aromatic rings. The lowest BCUT2D eigenvalue weighted by molar-refractivity contribution is -0.152. The van der Waals surface area contributed by atoms with Crippen molar-refractivity contribution in [2.45, 2.75) is 81.4 Å². The molecule has 0 aliphatic carbocycles. The zero-order valence-electron chi connectivity index (χ0n) is 22.0. The molecule has 1 heterocycles. The van der Waals surface area contributed by atoms with Gasteiger partial charge in [0.15, 0.2) is 0 Å². The van der Waals surface area contributed by atoms with E-state index in [1.165, 1.54) is 19.0 Å². The summed E-state index contributed by atoms with van der Waals surface area (Å²) in [5.74, 6) is -2.64. The van der Waals surface area contributed by atoms with Crippen LogP contribution in [0, 0.1) is 11.8 Å². The van der Waals surface area contributed by atoms with Crippen LogP contribution in [0.15, 0.2) is 12.7 Å². The summed E-state index contributed by atoms with van der Waals surface area (Å²) in [6.07, 6.45) is 3.71. The first kappa shape index (κ1) is 33.4. The van der Waals surface area contributed by atoms with Gasteiger partial charge in [0.05, 0.1) is 12.0 Å². The standard InChI is InChI=1S/C24H39Cl3N4O6/c1-7-8-11-18(36-6)15(4)20(32)29-19(14(2)3)21(33)28-16(5)22(34)31-12-9-10-17(30-31)23(35)37-13-24(25,26)27/h7,14-19,30H,1,8-13H2,2-6H3,(H,28,33)(H,29,32)/t15-,16+,17+,18-,19?/m1/s1. The van der Waals surface area contributed by atoms with Crippen molar-refractivity contribution < 1.29 is 28.7 Å². The summed E-state index contributed by atoms with van der Waals surface area (Å²) in [6.45, 7) is 10.5. The second kappa shape index (κ2) is 15.7. The third-order valence-electron chi connectivity index (χ3n) is 6.02. The minimum atomic E-state index is -1.74. The van der Waals surface area contributed by atoms with E-state index >= 15 is 0 Å². The molecule has 0 bridgehead atoms. The Labute approximate surface area is 234 Å². The van der Waals surface area contributed by atoms with E-state index in [0.29, 0.717) is 32.2 Å². The molecule has 1 saturated heterocycles. The van der Waals surface area contributed by atoms with E-state index in [1.807, 2.05) is 0 Å². The van der Waals surface area contributed by atoms with Crippen LogP contribution in [0.2, 0.25) is 0 Å². The highest BCUT2D eigenvalue weighted by atomic mass is 35.6. The molecule has 1 unspecified atom stereocenters. The van der Waals surface area contributed by atoms with Gasteiger partial charge in [0.25, 0.3) is 5.91 Å². The average Bonchev–Trinajstić information content (AvgIpc) is 2.84. The van der Waals surface area contributed by atoms with Gasteiger partial charge in [-0.15, -0.1) is 6.58 Å². The number of carbonyl (C=O) groups is 4. The Morgan fingerprint density at radius 1 is 1.14 bits per heavy atom. The van der Waals surface area contributed by atoms with Crippen molar-refractivity contribution in [3.63, 3.8) is 0 Å². The summed E-state index contributed by atoms with van der Waals surface area (Å²) in [7, 11) is 1.54. The molecule has 0 spiro atoms. The molecule has 212 valence electrons. The molecule has 0 saturated carbocycles. The topological polar surface area (TPSA) is 126 Å². The van der Waals surface area contributed by atoms with Crippen LogP contribution in [0.3, 0.4) is 0 Å². The van der Waals surface area contributed by atoms with Crippen molar-refractivity contribution in [3.05, 3.63) is 12.7 Å². The molecule has 13 heteroatoms. The third-order valence-corrected chi connectivity index (χ3v) is 6.35. The van der Waals surface area contributed by atoms with E-state index in [9.17, 15) is 19.2 Å². The highest BCUT2D eigenvalue weighted by Crippen LogP contribution is 2.26. The lowest BCUT2D eigenvalue weighted by Gasteiger charge is -2.35. The van der Waals surface area contributed by atoms with Crippen molar-refractivity contribution >= 4 is 58.5 Å². The number of nitrogens with zero attached hydrogens (tertiary/aromatic N) is 1. The summed E-state index contributed by atoms with van der Waals surface area (Å²) in [6, 6.07) is -2.58. The number of nitrogens with one attached hydrogen (secondary N) is 3. The second-order valence-electron chi connectivity index (χ2n) is 9.43. The van der Waals surface area contributed by atoms with Crippen LogP contribution >= 0.6 is 34.8 Å². The molecule has 3 N–H and O–H groups in total. The fourth-order valence-electron chi connectivity index (χ4n) is 3.81. The SMILES string of the molecule is C=CCC[C@@H](OC)[C@@H](C)C(=O)NC(C(=O)N[C@@H](C)C(=O)N1CCC[C@@H](C(=O)OCC(Cl)(Cl)Cl)N1)C(C)C. The van der Waals surface area contributed by atoms with Gasteiger partial charge in [-0.3, -0.25) is 24.2 Å². The van der Waals surface area contributed by atoms with Crippen LogP contribution in [0.1, 0.15) is 53.4 Å². The number of halogens is 3. The number of esters is 1. The predicted molar refractivity (Wildman–Crippen MR) is 143 cm³/mol. The Morgan fingerprint density at radius 3 is 2.32 bits per heavy atom. The van der Waals surface area contributed by atoms with Crippen molar-refractivity contribution in [2.75, 3.05) is 20.3 Å². The second-order valence-corrected chi connectivity index (χ2v) is 11.9. The average molecular weight is 586 g/mol. The summed E-state index contributed by atoms with van der Waals surface area (Å²) in [4.78, 5) is 51.2. The van der Waals surface area contributed by atoms with Crippen LogP contribution in [-0.2, 0) is 28.7 Å². The molecule has 1 fully saturated rings. The Kier molecular flexibility index (Phi) is 14.2. The Balaban J connectivity index is 2.75. The molecular weight excluding hydrogens is 547 g/mol. The lowest BCUT2D eigenvalue weighted by Crippen LogP contribution is -2.61. The Hall–Kier alpha value is -1.59. The van der Waals surface area contributed by atoms with Crippen LogP contribution in [0.4, 0.5) is 0 Å². The molecule has 37 heavy (non-hydrogen) atoms. The Morgan fingerprint density at radius 2 is 1.78 bits per heavy atom. The van der Waals surface area contributed by atoms with Gasteiger partial charge in [-0.1, -0.05) is 61.7 Å². The predicted octanol–water partition coefficient (Wildman–Crippen LogP) is 2.66. The third kappa shape index (κ3) is 11.4. The van der Waals surface area contributed by atoms with Gasteiger partial charge in [-0.05, 0) is 38.5 Å². The number of carbonyl (C=O) groups excluding carboxylic acids is 4. The van der Waals surface area contributed by atoms with Gasteiger partial charge >= 0.3 is 5.97 Å². The lowest BCUT2D eigenvalue weighted by atomic mass is 9.97. The Bertz CT molecular complexity index is 808. The van der Waals surface area contributed by atoms with Gasteiger partial charge in [0, 0.05) is 13.7 Å². The molecule has 0 aromatic carbocycles. The molecule has 3 amide bonds. The van der Waals surface area contributed by atoms with E-state index < -0.39 is 52.2 Å². The highest BCUT2D eigenvalue weighted by Gasteiger charge is 2.35. The van der Waals surface area contributed by atoms with E-state index in [4.69, 9.17) is 44.3 Å². The highest BCUT2D eigenvalue weighted by molar-refractivity contribution is 6.67. The number of hydrogen-bond acceptors (Lipinski definition) is 7. The van der Waals surface area contributed by atoms with Crippen molar-refractivity contribution in [3.8, 4) is 0 Å². The number of hydrogen-bond donors (Lipinski definition) is 3. The first-order chi connectivity index (χ1) is 17.2. The van der Waals surface area contributed by atoms with E-state index in [2.05, 4.69) is 22.6 Å². The number of allylic oxidation sites excluding steroid dienone is 1. The van der Waals surface area contributed by atoms with E-state index in [-0.39, 0.29) is 17.9 Å². The van der Waals surface area contributed by atoms with E-state index in [1.54, 1.807) is 26.8 Å².